The smallest absolute Gasteiger partial charge is 0.405 e. The van der Waals surface area contributed by atoms with E-state index in [0.29, 0.717) is 0 Å². The molecular weight excluding hydrogens is 310 g/mol. The monoisotopic (exact) mass is 319 g/mol. The summed E-state index contributed by atoms with van der Waals surface area (Å²) in [5.74, 6) is -1.12. The average molecular weight is 320 g/mol. The van der Waals surface area contributed by atoms with Gasteiger partial charge in [-0.2, -0.15) is 0 Å². The number of nitrogens with two attached hydrogens (primary N) is 1. The van der Waals surface area contributed by atoms with Crippen LogP contribution in [0.25, 0.3) is 0 Å². The van der Waals surface area contributed by atoms with Crippen LogP contribution in [0.5, 0.6) is 5.75 Å². The second-order valence-electron chi connectivity index (χ2n) is 4.24. The van der Waals surface area contributed by atoms with Crippen LogP contribution in [0.1, 0.15) is 17.2 Å². The summed E-state index contributed by atoms with van der Waals surface area (Å²) in [4.78, 5) is 0. The first-order valence-corrected chi connectivity index (χ1v) is 6.21. The maximum absolute atomic E-state index is 13.4. The van der Waals surface area contributed by atoms with Crippen molar-refractivity contribution in [3.63, 3.8) is 0 Å². The van der Waals surface area contributed by atoms with Gasteiger partial charge in [-0.15, -0.1) is 13.2 Å². The van der Waals surface area contributed by atoms with Gasteiger partial charge in [0.2, 0.25) is 0 Å². The van der Waals surface area contributed by atoms with Crippen molar-refractivity contribution in [3.05, 3.63) is 64.4 Å². The van der Waals surface area contributed by atoms with E-state index in [1.807, 2.05) is 0 Å². The van der Waals surface area contributed by atoms with Crippen molar-refractivity contribution < 1.29 is 22.3 Å². The normalized spacial score (nSPS) is 13.0. The predicted molar refractivity (Wildman–Crippen MR) is 70.6 cm³/mol. The number of hydrogen-bond acceptors (Lipinski definition) is 2. The van der Waals surface area contributed by atoms with Crippen LogP contribution in [0.15, 0.2) is 42.5 Å². The lowest BCUT2D eigenvalue weighted by Gasteiger charge is -2.18. The van der Waals surface area contributed by atoms with Gasteiger partial charge in [-0.05, 0) is 23.8 Å². The Labute approximate surface area is 123 Å². The van der Waals surface area contributed by atoms with Gasteiger partial charge in [-0.3, -0.25) is 0 Å². The van der Waals surface area contributed by atoms with Crippen molar-refractivity contribution in [2.24, 2.45) is 5.73 Å². The standard InChI is InChI=1S/C14H10ClF4NO/c15-10-6-5-8(7-11(10)16)13(20)9-3-1-2-4-12(9)21-14(17,18)19/h1-7,13H,20H2. The molecule has 2 nitrogen and oxygen atoms in total. The largest absolute Gasteiger partial charge is 0.573 e. The van der Waals surface area contributed by atoms with Gasteiger partial charge in [0.25, 0.3) is 0 Å². The van der Waals surface area contributed by atoms with Crippen molar-refractivity contribution in [2.45, 2.75) is 12.4 Å². The van der Waals surface area contributed by atoms with E-state index < -0.39 is 24.0 Å². The average Bonchev–Trinajstić information content (AvgIpc) is 2.40. The highest BCUT2D eigenvalue weighted by Crippen LogP contribution is 2.32. The minimum atomic E-state index is -4.83. The molecule has 0 aromatic heterocycles. The van der Waals surface area contributed by atoms with Crippen LogP contribution >= 0.6 is 11.6 Å². The third-order valence-electron chi connectivity index (χ3n) is 2.78. The molecule has 0 heterocycles. The topological polar surface area (TPSA) is 35.2 Å². The van der Waals surface area contributed by atoms with E-state index in [0.717, 1.165) is 12.1 Å². The van der Waals surface area contributed by atoms with Crippen LogP contribution < -0.4 is 10.5 Å². The van der Waals surface area contributed by atoms with Crippen molar-refractivity contribution >= 4 is 11.6 Å². The maximum Gasteiger partial charge on any atom is 0.573 e. The van der Waals surface area contributed by atoms with Gasteiger partial charge in [-0.25, -0.2) is 4.39 Å². The molecule has 0 aliphatic carbocycles. The molecule has 1 atom stereocenters. The Morgan fingerprint density at radius 1 is 1.10 bits per heavy atom. The van der Waals surface area contributed by atoms with Crippen LogP contribution in [0, 0.1) is 5.82 Å². The molecule has 2 aromatic rings. The summed E-state index contributed by atoms with van der Waals surface area (Å²) in [5.41, 5.74) is 6.28. The first-order chi connectivity index (χ1) is 9.78. The third kappa shape index (κ3) is 3.86. The van der Waals surface area contributed by atoms with E-state index in [-0.39, 0.29) is 16.1 Å². The van der Waals surface area contributed by atoms with Crippen LogP contribution in [0.4, 0.5) is 17.6 Å². The maximum atomic E-state index is 13.4. The molecule has 112 valence electrons. The molecule has 2 aromatic carbocycles. The number of para-hydroxylation sites is 1. The van der Waals surface area contributed by atoms with Crippen molar-refractivity contribution in [3.8, 4) is 5.75 Å². The highest BCUT2D eigenvalue weighted by molar-refractivity contribution is 6.30. The van der Waals surface area contributed by atoms with Gasteiger partial charge in [0.15, 0.2) is 0 Å². The molecule has 21 heavy (non-hydrogen) atoms. The number of ether oxygens (including phenoxy) is 1. The summed E-state index contributed by atoms with van der Waals surface area (Å²) in [6.07, 6.45) is -4.83. The van der Waals surface area contributed by atoms with Crippen LogP contribution in [0.3, 0.4) is 0 Å². The Bertz CT molecular complexity index is 645. The van der Waals surface area contributed by atoms with E-state index in [9.17, 15) is 17.6 Å². The molecule has 2 N–H and O–H groups in total. The molecule has 0 aliphatic heterocycles. The van der Waals surface area contributed by atoms with E-state index in [1.165, 1.54) is 30.3 Å². The quantitative estimate of drug-likeness (QED) is 0.850. The fourth-order valence-corrected chi connectivity index (χ4v) is 1.96. The lowest BCUT2D eigenvalue weighted by molar-refractivity contribution is -0.274. The van der Waals surface area contributed by atoms with Gasteiger partial charge < -0.3 is 10.5 Å². The Balaban J connectivity index is 2.38. The molecule has 0 saturated carbocycles. The molecule has 0 radical (unpaired) electrons. The third-order valence-corrected chi connectivity index (χ3v) is 3.09. The fraction of sp³-hybridized carbons (Fsp3) is 0.143. The van der Waals surface area contributed by atoms with Gasteiger partial charge in [-0.1, -0.05) is 35.9 Å². The molecule has 0 saturated heterocycles. The molecule has 0 fully saturated rings. The molecule has 0 spiro atoms. The highest BCUT2D eigenvalue weighted by Gasteiger charge is 2.32. The first kappa shape index (κ1) is 15.6. The Morgan fingerprint density at radius 2 is 1.76 bits per heavy atom. The molecule has 0 aliphatic rings. The number of alkyl halides is 3. The summed E-state index contributed by atoms with van der Waals surface area (Å²) in [7, 11) is 0. The zero-order chi connectivity index (χ0) is 15.6. The van der Waals surface area contributed by atoms with Gasteiger partial charge >= 0.3 is 6.36 Å². The van der Waals surface area contributed by atoms with Gasteiger partial charge in [0.05, 0.1) is 11.1 Å². The zero-order valence-electron chi connectivity index (χ0n) is 10.5. The summed E-state index contributed by atoms with van der Waals surface area (Å²) in [6, 6.07) is 8.28. The fourth-order valence-electron chi connectivity index (χ4n) is 1.84. The number of hydrogen-bond donors (Lipinski definition) is 1. The van der Waals surface area contributed by atoms with Gasteiger partial charge in [0.1, 0.15) is 11.6 Å². The van der Waals surface area contributed by atoms with E-state index in [1.54, 1.807) is 0 Å². The summed E-state index contributed by atoms with van der Waals surface area (Å²) < 4.78 is 54.4. The Hall–Kier alpha value is -1.79. The number of halogens is 5. The van der Waals surface area contributed by atoms with E-state index in [4.69, 9.17) is 17.3 Å². The molecular formula is C14H10ClF4NO. The predicted octanol–water partition coefficient (Wildman–Crippen LogP) is 4.43. The van der Waals surface area contributed by atoms with E-state index in [2.05, 4.69) is 4.74 Å². The second kappa shape index (κ2) is 5.91. The zero-order valence-corrected chi connectivity index (χ0v) is 11.3. The first-order valence-electron chi connectivity index (χ1n) is 5.83. The van der Waals surface area contributed by atoms with Crippen molar-refractivity contribution in [1.29, 1.82) is 0 Å². The van der Waals surface area contributed by atoms with Crippen molar-refractivity contribution in [2.75, 3.05) is 0 Å². The summed E-state index contributed by atoms with van der Waals surface area (Å²) in [6.45, 7) is 0. The molecule has 0 amide bonds. The lowest BCUT2D eigenvalue weighted by Crippen LogP contribution is -2.20. The minimum Gasteiger partial charge on any atom is -0.405 e. The second-order valence-corrected chi connectivity index (χ2v) is 4.64. The Morgan fingerprint density at radius 3 is 2.38 bits per heavy atom. The summed E-state index contributed by atoms with van der Waals surface area (Å²) >= 11 is 5.56. The van der Waals surface area contributed by atoms with Gasteiger partial charge in [0, 0.05) is 5.56 Å². The molecule has 0 bridgehead atoms. The SMILES string of the molecule is NC(c1ccc(Cl)c(F)c1)c1ccccc1OC(F)(F)F. The Kier molecular flexibility index (Phi) is 4.39. The molecule has 2 rings (SSSR count). The van der Waals surface area contributed by atoms with Crippen molar-refractivity contribution in [1.82, 2.24) is 0 Å². The highest BCUT2D eigenvalue weighted by atomic mass is 35.5. The van der Waals surface area contributed by atoms with Crippen LogP contribution in [-0.4, -0.2) is 6.36 Å². The van der Waals surface area contributed by atoms with Crippen LogP contribution in [-0.2, 0) is 0 Å². The van der Waals surface area contributed by atoms with E-state index >= 15 is 0 Å². The lowest BCUT2D eigenvalue weighted by atomic mass is 9.99. The minimum absolute atomic E-state index is 0.0919. The van der Waals surface area contributed by atoms with Crippen LogP contribution in [0.2, 0.25) is 5.02 Å². The molecule has 1 unspecified atom stereocenters. The number of benzene rings is 2. The molecule has 7 heteroatoms. The summed E-state index contributed by atoms with van der Waals surface area (Å²) in [5, 5.41) is -0.0919. The number of rotatable bonds is 3.